The monoisotopic (exact) mass is 216 g/mol. The highest BCUT2D eigenvalue weighted by atomic mass is 16.5. The molecule has 2 nitrogen and oxygen atoms in total. The summed E-state index contributed by atoms with van der Waals surface area (Å²) in [5, 5.41) is 0. The fourth-order valence-electron chi connectivity index (χ4n) is 1.33. The van der Waals surface area contributed by atoms with Gasteiger partial charge in [-0.1, -0.05) is 36.3 Å². The van der Waals surface area contributed by atoms with Gasteiger partial charge in [-0.15, -0.1) is 0 Å². The van der Waals surface area contributed by atoms with E-state index < -0.39 is 5.97 Å². The van der Waals surface area contributed by atoms with Crippen LogP contribution in [-0.4, -0.2) is 12.6 Å². The molecular formula is C14H16O2. The molecular weight excluding hydrogens is 200 g/mol. The van der Waals surface area contributed by atoms with E-state index in [9.17, 15) is 4.79 Å². The molecule has 1 rings (SSSR count). The van der Waals surface area contributed by atoms with E-state index in [4.69, 9.17) is 4.74 Å². The van der Waals surface area contributed by atoms with Gasteiger partial charge in [-0.05, 0) is 25.3 Å². The molecule has 0 saturated heterocycles. The third-order valence-electron chi connectivity index (χ3n) is 2.08. The summed E-state index contributed by atoms with van der Waals surface area (Å²) >= 11 is 0. The highest BCUT2D eigenvalue weighted by molar-refractivity contribution is 5.88. The zero-order valence-corrected chi connectivity index (χ0v) is 9.53. The van der Waals surface area contributed by atoms with Crippen LogP contribution in [0.2, 0.25) is 0 Å². The quantitative estimate of drug-likeness (QED) is 0.334. The standard InChI is InChI=1S/C14H16O2/c1-2-16-14(15)12-8-4-7-11-13-9-5-3-6-10-13/h3,5-6,9-10H,2,4,7,11H2,1H3. The Labute approximate surface area is 96.6 Å². The molecule has 16 heavy (non-hydrogen) atoms. The van der Waals surface area contributed by atoms with E-state index in [1.54, 1.807) is 6.92 Å². The summed E-state index contributed by atoms with van der Waals surface area (Å²) in [6, 6.07) is 10.3. The molecule has 0 aliphatic carbocycles. The minimum Gasteiger partial charge on any atom is -0.456 e. The summed E-state index contributed by atoms with van der Waals surface area (Å²) in [5.74, 6) is 4.85. The number of ether oxygens (including phenoxy) is 1. The fourth-order valence-corrected chi connectivity index (χ4v) is 1.33. The molecule has 0 unspecified atom stereocenters. The minimum absolute atomic E-state index is 0.386. The van der Waals surface area contributed by atoms with Crippen LogP contribution in [0.1, 0.15) is 25.3 Å². The first-order valence-corrected chi connectivity index (χ1v) is 5.52. The Balaban J connectivity index is 2.19. The van der Waals surface area contributed by atoms with Crippen molar-refractivity contribution in [3.63, 3.8) is 0 Å². The van der Waals surface area contributed by atoms with E-state index in [0.717, 1.165) is 19.3 Å². The van der Waals surface area contributed by atoms with Crippen molar-refractivity contribution < 1.29 is 9.53 Å². The van der Waals surface area contributed by atoms with Gasteiger partial charge in [0.15, 0.2) is 0 Å². The molecule has 0 aliphatic heterocycles. The first-order valence-electron chi connectivity index (χ1n) is 5.52. The zero-order valence-electron chi connectivity index (χ0n) is 9.53. The van der Waals surface area contributed by atoms with Gasteiger partial charge in [0, 0.05) is 12.3 Å². The van der Waals surface area contributed by atoms with Gasteiger partial charge in [-0.25, -0.2) is 4.79 Å². The fraction of sp³-hybridized carbons (Fsp3) is 0.357. The lowest BCUT2D eigenvalue weighted by molar-refractivity contribution is -0.136. The second kappa shape index (κ2) is 7.53. The second-order valence-electron chi connectivity index (χ2n) is 3.36. The van der Waals surface area contributed by atoms with Crippen molar-refractivity contribution in [1.29, 1.82) is 0 Å². The van der Waals surface area contributed by atoms with Crippen molar-refractivity contribution in [3.8, 4) is 11.8 Å². The predicted octanol–water partition coefficient (Wildman–Crippen LogP) is 2.58. The van der Waals surface area contributed by atoms with Crippen molar-refractivity contribution in [3.05, 3.63) is 35.9 Å². The molecule has 0 aromatic heterocycles. The Kier molecular flexibility index (Phi) is 5.80. The Morgan fingerprint density at radius 2 is 2.06 bits per heavy atom. The maximum Gasteiger partial charge on any atom is 0.384 e. The topological polar surface area (TPSA) is 26.3 Å². The number of esters is 1. The van der Waals surface area contributed by atoms with Gasteiger partial charge in [0.2, 0.25) is 0 Å². The van der Waals surface area contributed by atoms with Crippen molar-refractivity contribution in [2.24, 2.45) is 0 Å². The molecule has 0 atom stereocenters. The lowest BCUT2D eigenvalue weighted by atomic mass is 10.1. The van der Waals surface area contributed by atoms with Crippen LogP contribution < -0.4 is 0 Å². The molecule has 0 saturated carbocycles. The largest absolute Gasteiger partial charge is 0.456 e. The molecule has 0 aliphatic rings. The van der Waals surface area contributed by atoms with Gasteiger partial charge in [-0.2, -0.15) is 0 Å². The van der Waals surface area contributed by atoms with Gasteiger partial charge >= 0.3 is 5.97 Å². The van der Waals surface area contributed by atoms with E-state index >= 15 is 0 Å². The second-order valence-corrected chi connectivity index (χ2v) is 3.36. The van der Waals surface area contributed by atoms with Gasteiger partial charge < -0.3 is 4.74 Å². The van der Waals surface area contributed by atoms with Crippen LogP contribution in [0.3, 0.4) is 0 Å². The maximum absolute atomic E-state index is 10.9. The van der Waals surface area contributed by atoms with E-state index in [0.29, 0.717) is 6.61 Å². The molecule has 0 amide bonds. The Bertz CT molecular complexity index is 371. The number of hydrogen-bond acceptors (Lipinski definition) is 2. The summed E-state index contributed by atoms with van der Waals surface area (Å²) in [6.07, 6.45) is 2.70. The smallest absolute Gasteiger partial charge is 0.384 e. The number of carbonyl (C=O) groups excluding carboxylic acids is 1. The van der Waals surface area contributed by atoms with Crippen LogP contribution >= 0.6 is 0 Å². The third-order valence-corrected chi connectivity index (χ3v) is 2.08. The van der Waals surface area contributed by atoms with Gasteiger partial charge in [0.05, 0.1) is 6.61 Å². The molecule has 1 aromatic carbocycles. The molecule has 1 aromatic rings. The summed E-state index contributed by atoms with van der Waals surface area (Å²) < 4.78 is 4.69. The van der Waals surface area contributed by atoms with Crippen LogP contribution in [0.5, 0.6) is 0 Å². The van der Waals surface area contributed by atoms with Crippen molar-refractivity contribution >= 4 is 5.97 Å². The zero-order chi connectivity index (χ0) is 11.6. The Morgan fingerprint density at radius 3 is 2.75 bits per heavy atom. The molecule has 2 heteroatoms. The molecule has 0 fully saturated rings. The Hall–Kier alpha value is -1.75. The van der Waals surface area contributed by atoms with Crippen LogP contribution in [0.25, 0.3) is 0 Å². The number of benzene rings is 1. The Morgan fingerprint density at radius 1 is 1.31 bits per heavy atom. The van der Waals surface area contributed by atoms with Gasteiger partial charge in [0.25, 0.3) is 0 Å². The molecule has 0 radical (unpaired) electrons. The maximum atomic E-state index is 10.9. The van der Waals surface area contributed by atoms with E-state index in [-0.39, 0.29) is 0 Å². The summed E-state index contributed by atoms with van der Waals surface area (Å²) in [4.78, 5) is 10.9. The lowest BCUT2D eigenvalue weighted by Gasteiger charge is -1.96. The minimum atomic E-state index is -0.429. The number of aryl methyl sites for hydroxylation is 1. The highest BCUT2D eigenvalue weighted by Gasteiger charge is 1.92. The molecule has 0 bridgehead atoms. The summed E-state index contributed by atoms with van der Waals surface area (Å²) in [5.41, 5.74) is 1.31. The average Bonchev–Trinajstić information content (AvgIpc) is 2.30. The SMILES string of the molecule is CCOC(=O)C#CCCCc1ccccc1. The number of unbranched alkanes of at least 4 members (excludes halogenated alkanes) is 1. The third kappa shape index (κ3) is 5.21. The van der Waals surface area contributed by atoms with Crippen molar-refractivity contribution in [2.75, 3.05) is 6.61 Å². The van der Waals surface area contributed by atoms with Crippen LogP contribution in [-0.2, 0) is 16.0 Å². The van der Waals surface area contributed by atoms with Crippen LogP contribution in [0, 0.1) is 11.8 Å². The molecule has 0 N–H and O–H groups in total. The first-order chi connectivity index (χ1) is 7.83. The van der Waals surface area contributed by atoms with E-state index in [2.05, 4.69) is 24.0 Å². The van der Waals surface area contributed by atoms with Crippen molar-refractivity contribution in [1.82, 2.24) is 0 Å². The van der Waals surface area contributed by atoms with E-state index in [1.807, 2.05) is 18.2 Å². The summed E-state index contributed by atoms with van der Waals surface area (Å²) in [7, 11) is 0. The van der Waals surface area contributed by atoms with Gasteiger partial charge in [-0.3, -0.25) is 0 Å². The summed E-state index contributed by atoms with van der Waals surface area (Å²) in [6.45, 7) is 2.16. The average molecular weight is 216 g/mol. The van der Waals surface area contributed by atoms with Crippen LogP contribution in [0.15, 0.2) is 30.3 Å². The lowest BCUT2D eigenvalue weighted by Crippen LogP contribution is -1.99. The number of rotatable bonds is 4. The first kappa shape index (κ1) is 12.3. The van der Waals surface area contributed by atoms with Crippen molar-refractivity contribution in [2.45, 2.75) is 26.2 Å². The van der Waals surface area contributed by atoms with E-state index in [1.165, 1.54) is 5.56 Å². The number of carbonyl (C=O) groups is 1. The number of hydrogen-bond donors (Lipinski definition) is 0. The molecule has 84 valence electrons. The molecule has 0 heterocycles. The normalized spacial score (nSPS) is 9.06. The molecule has 0 spiro atoms. The van der Waals surface area contributed by atoms with Crippen LogP contribution in [0.4, 0.5) is 0 Å². The predicted molar refractivity (Wildman–Crippen MR) is 63.8 cm³/mol. The van der Waals surface area contributed by atoms with Gasteiger partial charge in [0.1, 0.15) is 0 Å². The highest BCUT2D eigenvalue weighted by Crippen LogP contribution is 2.03.